The largest absolute Gasteiger partial charge is 0.479 e. The fourth-order valence-electron chi connectivity index (χ4n) is 2.41. The topological polar surface area (TPSA) is 70.5 Å². The molecule has 0 saturated carbocycles. The number of aliphatic hydroxyl groups excluding tert-OH is 1. The van der Waals surface area contributed by atoms with Crippen molar-refractivity contribution < 1.29 is 14.2 Å². The van der Waals surface area contributed by atoms with Gasteiger partial charge in [-0.05, 0) is 25.3 Å². The molecule has 1 aromatic heterocycles. The smallest absolute Gasteiger partial charge is 0.255 e. The zero-order valence-electron chi connectivity index (χ0n) is 11.7. The highest BCUT2D eigenvalue weighted by Crippen LogP contribution is 2.16. The van der Waals surface area contributed by atoms with Crippen molar-refractivity contribution in [3.8, 4) is 5.88 Å². The first kappa shape index (κ1) is 14.9. The Morgan fingerprint density at radius 3 is 3.20 bits per heavy atom. The molecule has 2 heterocycles. The number of anilines is 1. The van der Waals surface area contributed by atoms with Gasteiger partial charge in [0, 0.05) is 26.2 Å². The lowest BCUT2D eigenvalue weighted by atomic mass is 9.99. The van der Waals surface area contributed by atoms with E-state index < -0.39 is 5.82 Å². The molecular formula is C13H21FN4O2. The van der Waals surface area contributed by atoms with Crippen LogP contribution in [-0.4, -0.2) is 59.9 Å². The first-order valence-corrected chi connectivity index (χ1v) is 6.86. The van der Waals surface area contributed by atoms with E-state index in [0.29, 0.717) is 18.4 Å². The third-order valence-electron chi connectivity index (χ3n) is 3.48. The standard InChI is InChI=1S/C13H21FN4O2/c1-20-12-11(14)7-16-13(17-12)15-4-6-18-5-2-3-10(8-18)9-19/h7,10,19H,2-6,8-9H2,1H3,(H,15,16,17)/t10-/m0/s1. The van der Waals surface area contributed by atoms with E-state index in [9.17, 15) is 9.50 Å². The quantitative estimate of drug-likeness (QED) is 0.803. The molecule has 0 aromatic carbocycles. The van der Waals surface area contributed by atoms with Gasteiger partial charge in [-0.25, -0.2) is 4.98 Å². The van der Waals surface area contributed by atoms with Crippen LogP contribution in [0.25, 0.3) is 0 Å². The minimum absolute atomic E-state index is 0.0548. The Morgan fingerprint density at radius 2 is 2.45 bits per heavy atom. The molecular weight excluding hydrogens is 263 g/mol. The number of hydrogen-bond donors (Lipinski definition) is 2. The second kappa shape index (κ2) is 7.35. The van der Waals surface area contributed by atoms with Crippen molar-refractivity contribution in [3.63, 3.8) is 0 Å². The minimum Gasteiger partial charge on any atom is -0.479 e. The summed E-state index contributed by atoms with van der Waals surface area (Å²) in [6.07, 6.45) is 3.31. The number of aromatic nitrogens is 2. The van der Waals surface area contributed by atoms with Crippen molar-refractivity contribution in [2.24, 2.45) is 5.92 Å². The molecule has 0 bridgehead atoms. The van der Waals surface area contributed by atoms with E-state index in [-0.39, 0.29) is 12.5 Å². The highest BCUT2D eigenvalue weighted by molar-refractivity contribution is 5.28. The van der Waals surface area contributed by atoms with Crippen LogP contribution in [0, 0.1) is 11.7 Å². The molecule has 0 unspecified atom stereocenters. The Labute approximate surface area is 118 Å². The maximum Gasteiger partial charge on any atom is 0.255 e. The van der Waals surface area contributed by atoms with E-state index in [4.69, 9.17) is 4.74 Å². The van der Waals surface area contributed by atoms with Crippen LogP contribution in [0.3, 0.4) is 0 Å². The number of halogens is 1. The Balaban J connectivity index is 1.78. The molecule has 1 saturated heterocycles. The molecule has 1 fully saturated rings. The van der Waals surface area contributed by atoms with Crippen molar-refractivity contribution >= 4 is 5.95 Å². The summed E-state index contributed by atoms with van der Waals surface area (Å²) in [5, 5.41) is 12.2. The number of hydrogen-bond acceptors (Lipinski definition) is 6. The van der Waals surface area contributed by atoms with Crippen molar-refractivity contribution in [3.05, 3.63) is 12.0 Å². The number of nitrogens with one attached hydrogen (secondary N) is 1. The lowest BCUT2D eigenvalue weighted by Gasteiger charge is -2.31. The fourth-order valence-corrected chi connectivity index (χ4v) is 2.41. The molecule has 6 nitrogen and oxygen atoms in total. The van der Waals surface area contributed by atoms with E-state index >= 15 is 0 Å². The van der Waals surface area contributed by atoms with E-state index in [0.717, 1.165) is 38.7 Å². The third-order valence-corrected chi connectivity index (χ3v) is 3.48. The van der Waals surface area contributed by atoms with Crippen molar-refractivity contribution in [1.29, 1.82) is 0 Å². The summed E-state index contributed by atoms with van der Waals surface area (Å²) < 4.78 is 18.0. The van der Waals surface area contributed by atoms with E-state index in [2.05, 4.69) is 20.2 Å². The van der Waals surface area contributed by atoms with Gasteiger partial charge in [0.15, 0.2) is 0 Å². The number of methoxy groups -OCH3 is 1. The molecule has 0 amide bonds. The van der Waals surface area contributed by atoms with Gasteiger partial charge in [-0.15, -0.1) is 0 Å². The third kappa shape index (κ3) is 4.01. The number of likely N-dealkylation sites (tertiary alicyclic amines) is 1. The van der Waals surface area contributed by atoms with Crippen molar-refractivity contribution in [1.82, 2.24) is 14.9 Å². The molecule has 1 aliphatic rings. The van der Waals surface area contributed by atoms with Crippen LogP contribution in [0.4, 0.5) is 10.3 Å². The van der Waals surface area contributed by atoms with Crippen LogP contribution in [0.1, 0.15) is 12.8 Å². The number of rotatable bonds is 6. The second-order valence-corrected chi connectivity index (χ2v) is 4.97. The maximum atomic E-state index is 13.2. The van der Waals surface area contributed by atoms with Gasteiger partial charge in [0.05, 0.1) is 13.3 Å². The zero-order valence-corrected chi connectivity index (χ0v) is 11.7. The van der Waals surface area contributed by atoms with E-state index in [1.165, 1.54) is 7.11 Å². The van der Waals surface area contributed by atoms with Gasteiger partial charge in [-0.2, -0.15) is 9.37 Å². The summed E-state index contributed by atoms with van der Waals surface area (Å²) in [5.41, 5.74) is 0. The maximum absolute atomic E-state index is 13.2. The first-order chi connectivity index (χ1) is 9.72. The average Bonchev–Trinajstić information content (AvgIpc) is 2.49. The monoisotopic (exact) mass is 284 g/mol. The average molecular weight is 284 g/mol. The second-order valence-electron chi connectivity index (χ2n) is 4.97. The molecule has 1 aromatic rings. The molecule has 0 aliphatic carbocycles. The van der Waals surface area contributed by atoms with E-state index in [1.807, 2.05) is 0 Å². The Morgan fingerprint density at radius 1 is 1.60 bits per heavy atom. The Kier molecular flexibility index (Phi) is 5.49. The van der Waals surface area contributed by atoms with Crippen molar-refractivity contribution in [2.75, 3.05) is 45.2 Å². The molecule has 1 aliphatic heterocycles. The molecule has 20 heavy (non-hydrogen) atoms. The SMILES string of the molecule is COc1nc(NCCN2CCC[C@H](CO)C2)ncc1F. The van der Waals surface area contributed by atoms with Gasteiger partial charge in [0.2, 0.25) is 11.8 Å². The Bertz CT molecular complexity index is 433. The number of aliphatic hydroxyl groups is 1. The van der Waals surface area contributed by atoms with Crippen LogP contribution in [-0.2, 0) is 0 Å². The number of piperidine rings is 1. The van der Waals surface area contributed by atoms with Gasteiger partial charge in [-0.1, -0.05) is 0 Å². The summed E-state index contributed by atoms with van der Waals surface area (Å²) >= 11 is 0. The van der Waals surface area contributed by atoms with Crippen LogP contribution in [0.2, 0.25) is 0 Å². The molecule has 0 radical (unpaired) electrons. The zero-order chi connectivity index (χ0) is 14.4. The lowest BCUT2D eigenvalue weighted by Crippen LogP contribution is -2.39. The predicted molar refractivity (Wildman–Crippen MR) is 73.3 cm³/mol. The van der Waals surface area contributed by atoms with Crippen molar-refractivity contribution in [2.45, 2.75) is 12.8 Å². The molecule has 2 N–H and O–H groups in total. The van der Waals surface area contributed by atoms with Gasteiger partial charge >= 0.3 is 0 Å². The fraction of sp³-hybridized carbons (Fsp3) is 0.692. The number of nitrogens with zero attached hydrogens (tertiary/aromatic N) is 3. The molecule has 1 atom stereocenters. The van der Waals surface area contributed by atoms with Gasteiger partial charge in [0.25, 0.3) is 5.88 Å². The molecule has 2 rings (SSSR count). The van der Waals surface area contributed by atoms with E-state index in [1.54, 1.807) is 0 Å². The minimum atomic E-state index is -0.570. The van der Waals surface area contributed by atoms with Gasteiger partial charge < -0.3 is 20.1 Å². The summed E-state index contributed by atoms with van der Waals surface area (Å²) in [4.78, 5) is 10.1. The highest BCUT2D eigenvalue weighted by atomic mass is 19.1. The summed E-state index contributed by atoms with van der Waals surface area (Å²) in [7, 11) is 1.37. The molecule has 112 valence electrons. The lowest BCUT2D eigenvalue weighted by molar-refractivity contribution is 0.123. The number of ether oxygens (including phenoxy) is 1. The summed E-state index contributed by atoms with van der Waals surface area (Å²) in [6, 6.07) is 0. The van der Waals surface area contributed by atoms with Crippen LogP contribution in [0.15, 0.2) is 6.20 Å². The summed E-state index contributed by atoms with van der Waals surface area (Å²) in [6.45, 7) is 3.74. The molecule has 0 spiro atoms. The van der Waals surface area contributed by atoms with Crippen LogP contribution < -0.4 is 10.1 Å². The first-order valence-electron chi connectivity index (χ1n) is 6.86. The van der Waals surface area contributed by atoms with Crippen LogP contribution >= 0.6 is 0 Å². The van der Waals surface area contributed by atoms with Gasteiger partial charge in [0.1, 0.15) is 0 Å². The van der Waals surface area contributed by atoms with Crippen LogP contribution in [0.5, 0.6) is 5.88 Å². The summed E-state index contributed by atoms with van der Waals surface area (Å²) in [5.74, 6) is 0.116. The molecule has 7 heteroatoms. The predicted octanol–water partition coefficient (Wildman–Crippen LogP) is 0.740. The normalized spacial score (nSPS) is 19.9. The Hall–Kier alpha value is -1.47. The van der Waals surface area contributed by atoms with Gasteiger partial charge in [-0.3, -0.25) is 0 Å². The highest BCUT2D eigenvalue weighted by Gasteiger charge is 2.18.